The summed E-state index contributed by atoms with van der Waals surface area (Å²) in [4.78, 5) is 3.91. The molecule has 100 valence electrons. The fraction of sp³-hybridized carbons (Fsp3) is 0.583. The second-order valence-corrected chi connectivity index (χ2v) is 5.34. The van der Waals surface area contributed by atoms with Crippen molar-refractivity contribution in [1.82, 2.24) is 4.98 Å². The molecule has 1 saturated carbocycles. The van der Waals surface area contributed by atoms with Gasteiger partial charge in [-0.15, -0.1) is 0 Å². The van der Waals surface area contributed by atoms with Crippen molar-refractivity contribution in [1.29, 1.82) is 0 Å². The molecule has 0 bridgehead atoms. The maximum Gasteiger partial charge on any atom is 0.416 e. The Morgan fingerprint density at radius 3 is 2.44 bits per heavy atom. The molecule has 0 spiro atoms. The lowest BCUT2D eigenvalue weighted by Crippen LogP contribution is -2.31. The van der Waals surface area contributed by atoms with Gasteiger partial charge in [0.25, 0.3) is 0 Å². The summed E-state index contributed by atoms with van der Waals surface area (Å²) in [6, 6.07) is 1.85. The highest BCUT2D eigenvalue weighted by molar-refractivity contribution is 6.29. The lowest BCUT2D eigenvalue weighted by Gasteiger charge is -2.26. The summed E-state index contributed by atoms with van der Waals surface area (Å²) in [5.74, 6) is 0.194. The number of alkyl halides is 3. The number of aromatic nitrogens is 1. The summed E-state index contributed by atoms with van der Waals surface area (Å²) in [5, 5.41) is 2.93. The summed E-state index contributed by atoms with van der Waals surface area (Å²) >= 11 is 5.64. The van der Waals surface area contributed by atoms with Crippen molar-refractivity contribution >= 4 is 17.4 Å². The molecule has 1 N–H and O–H groups in total. The van der Waals surface area contributed by atoms with Gasteiger partial charge in [0.2, 0.25) is 0 Å². The van der Waals surface area contributed by atoms with E-state index < -0.39 is 11.7 Å². The van der Waals surface area contributed by atoms with Crippen molar-refractivity contribution in [3.63, 3.8) is 0 Å². The van der Waals surface area contributed by atoms with Gasteiger partial charge in [0.15, 0.2) is 0 Å². The first-order valence-corrected chi connectivity index (χ1v) is 6.19. The molecule has 1 aromatic rings. The van der Waals surface area contributed by atoms with E-state index >= 15 is 0 Å². The van der Waals surface area contributed by atoms with Gasteiger partial charge in [0.05, 0.1) is 5.56 Å². The highest BCUT2D eigenvalue weighted by atomic mass is 35.5. The monoisotopic (exact) mass is 278 g/mol. The molecule has 2 rings (SSSR count). The van der Waals surface area contributed by atoms with Crippen molar-refractivity contribution in [3.8, 4) is 0 Å². The van der Waals surface area contributed by atoms with E-state index in [9.17, 15) is 13.2 Å². The Kier molecular flexibility index (Phi) is 3.45. The molecule has 0 radical (unpaired) electrons. The van der Waals surface area contributed by atoms with Gasteiger partial charge in [-0.25, -0.2) is 4.98 Å². The van der Waals surface area contributed by atoms with Crippen LogP contribution >= 0.6 is 11.6 Å². The molecule has 18 heavy (non-hydrogen) atoms. The fourth-order valence-electron chi connectivity index (χ4n) is 2.31. The number of halogens is 4. The normalized spacial score (nSPS) is 18.9. The number of rotatable bonds is 2. The summed E-state index contributed by atoms with van der Waals surface area (Å²) in [6.45, 7) is 2.00. The van der Waals surface area contributed by atoms with Crippen molar-refractivity contribution < 1.29 is 13.2 Å². The lowest BCUT2D eigenvalue weighted by molar-refractivity contribution is -0.137. The smallest absolute Gasteiger partial charge is 0.365 e. The molecule has 1 fully saturated rings. The van der Waals surface area contributed by atoms with Crippen LogP contribution in [0.25, 0.3) is 0 Å². The van der Waals surface area contributed by atoms with Gasteiger partial charge in [-0.1, -0.05) is 24.4 Å². The summed E-state index contributed by atoms with van der Waals surface area (Å²) in [5.41, 5.74) is -0.952. The van der Waals surface area contributed by atoms with E-state index in [4.69, 9.17) is 11.6 Å². The van der Waals surface area contributed by atoms with Crippen LogP contribution in [-0.4, -0.2) is 10.5 Å². The van der Waals surface area contributed by atoms with Gasteiger partial charge in [-0.3, -0.25) is 0 Å². The molecule has 0 aromatic carbocycles. The summed E-state index contributed by atoms with van der Waals surface area (Å²) in [6.07, 6.45) is -0.378. The Labute approximate surface area is 109 Å². The van der Waals surface area contributed by atoms with Crippen molar-refractivity contribution in [2.75, 3.05) is 5.32 Å². The zero-order chi connectivity index (χ0) is 13.4. The molecule has 0 atom stereocenters. The molecule has 1 aromatic heterocycles. The third-order valence-electron chi connectivity index (χ3n) is 3.26. The minimum atomic E-state index is -4.40. The minimum absolute atomic E-state index is 0.145. The highest BCUT2D eigenvalue weighted by Gasteiger charge is 2.33. The standard InChI is InChI=1S/C12H14ClF3N2/c1-11(4-2-3-5-11)18-10-7-8(12(14,15)16)6-9(13)17-10/h6-7H,2-5H2,1H3,(H,17,18). The van der Waals surface area contributed by atoms with Crippen LogP contribution in [-0.2, 0) is 6.18 Å². The maximum atomic E-state index is 12.6. The van der Waals surface area contributed by atoms with Crippen LogP contribution in [0.3, 0.4) is 0 Å². The zero-order valence-electron chi connectivity index (χ0n) is 9.94. The first-order valence-electron chi connectivity index (χ1n) is 5.81. The van der Waals surface area contributed by atoms with Gasteiger partial charge in [0, 0.05) is 5.54 Å². The van der Waals surface area contributed by atoms with Gasteiger partial charge in [0.1, 0.15) is 11.0 Å². The van der Waals surface area contributed by atoms with Crippen LogP contribution in [0.2, 0.25) is 5.15 Å². The van der Waals surface area contributed by atoms with Gasteiger partial charge in [-0.2, -0.15) is 13.2 Å². The number of hydrogen-bond acceptors (Lipinski definition) is 2. The van der Waals surface area contributed by atoms with Crippen LogP contribution in [0.1, 0.15) is 38.2 Å². The van der Waals surface area contributed by atoms with E-state index in [-0.39, 0.29) is 16.5 Å². The average Bonchev–Trinajstić information content (AvgIpc) is 2.62. The molecule has 2 nitrogen and oxygen atoms in total. The zero-order valence-corrected chi connectivity index (χ0v) is 10.7. The maximum absolute atomic E-state index is 12.6. The molecule has 0 amide bonds. The van der Waals surface area contributed by atoms with Crippen LogP contribution < -0.4 is 5.32 Å². The SMILES string of the molecule is CC1(Nc2cc(C(F)(F)F)cc(Cl)n2)CCCC1. The molecule has 0 saturated heterocycles. The Bertz CT molecular complexity index is 439. The quantitative estimate of drug-likeness (QED) is 0.806. The van der Waals surface area contributed by atoms with Crippen LogP contribution in [0.15, 0.2) is 12.1 Å². The van der Waals surface area contributed by atoms with Crippen LogP contribution in [0.4, 0.5) is 19.0 Å². The molecule has 6 heteroatoms. The van der Waals surface area contributed by atoms with Gasteiger partial charge >= 0.3 is 6.18 Å². The Balaban J connectivity index is 2.25. The number of hydrogen-bond donors (Lipinski definition) is 1. The van der Waals surface area contributed by atoms with Crippen molar-refractivity contribution in [3.05, 3.63) is 22.8 Å². The molecular weight excluding hydrogens is 265 g/mol. The van der Waals surface area contributed by atoms with Crippen molar-refractivity contribution in [2.45, 2.75) is 44.3 Å². The molecule has 0 unspecified atom stereocenters. The number of nitrogens with one attached hydrogen (secondary N) is 1. The summed E-state index contributed by atoms with van der Waals surface area (Å²) in [7, 11) is 0. The lowest BCUT2D eigenvalue weighted by atomic mass is 10.0. The second-order valence-electron chi connectivity index (χ2n) is 4.95. The number of anilines is 1. The van der Waals surface area contributed by atoms with E-state index in [2.05, 4.69) is 10.3 Å². The molecular formula is C12H14ClF3N2. The van der Waals surface area contributed by atoms with E-state index in [0.717, 1.165) is 37.8 Å². The fourth-order valence-corrected chi connectivity index (χ4v) is 2.52. The van der Waals surface area contributed by atoms with E-state index in [1.54, 1.807) is 0 Å². The van der Waals surface area contributed by atoms with Crippen LogP contribution in [0, 0.1) is 0 Å². The van der Waals surface area contributed by atoms with Gasteiger partial charge in [-0.05, 0) is 31.9 Å². The van der Waals surface area contributed by atoms with Gasteiger partial charge < -0.3 is 5.32 Å². The predicted molar refractivity (Wildman–Crippen MR) is 64.7 cm³/mol. The molecule has 0 aliphatic heterocycles. The van der Waals surface area contributed by atoms with E-state index in [0.29, 0.717) is 0 Å². The first-order chi connectivity index (χ1) is 8.28. The molecule has 1 heterocycles. The largest absolute Gasteiger partial charge is 0.416 e. The number of nitrogens with zero attached hydrogens (tertiary/aromatic N) is 1. The second kappa shape index (κ2) is 4.61. The highest BCUT2D eigenvalue weighted by Crippen LogP contribution is 2.35. The predicted octanol–water partition coefficient (Wildman–Crippen LogP) is 4.50. The Morgan fingerprint density at radius 1 is 1.28 bits per heavy atom. The third-order valence-corrected chi connectivity index (χ3v) is 3.45. The first kappa shape index (κ1) is 13.5. The van der Waals surface area contributed by atoms with Crippen molar-refractivity contribution in [2.24, 2.45) is 0 Å². The average molecular weight is 279 g/mol. The van der Waals surface area contributed by atoms with E-state index in [1.165, 1.54) is 0 Å². The third kappa shape index (κ3) is 3.07. The van der Waals surface area contributed by atoms with Crippen LogP contribution in [0.5, 0.6) is 0 Å². The number of pyridine rings is 1. The molecule has 1 aliphatic rings. The topological polar surface area (TPSA) is 24.9 Å². The molecule has 1 aliphatic carbocycles. The van der Waals surface area contributed by atoms with E-state index in [1.807, 2.05) is 6.92 Å². The Morgan fingerprint density at radius 2 is 1.89 bits per heavy atom. The summed E-state index contributed by atoms with van der Waals surface area (Å²) < 4.78 is 37.9. The minimum Gasteiger partial charge on any atom is -0.365 e. The Hall–Kier alpha value is -0.970.